The number of fused-ring (bicyclic) bond motifs is 4. The predicted molar refractivity (Wildman–Crippen MR) is 182 cm³/mol. The molecule has 1 heterocycles. The van der Waals surface area contributed by atoms with Gasteiger partial charge in [0.15, 0.2) is 0 Å². The summed E-state index contributed by atoms with van der Waals surface area (Å²) in [5.41, 5.74) is 3.00. The summed E-state index contributed by atoms with van der Waals surface area (Å²) < 4.78 is 80.8. The summed E-state index contributed by atoms with van der Waals surface area (Å²) >= 11 is -0.826. The third-order valence-corrected chi connectivity index (χ3v) is 9.18. The van der Waals surface area contributed by atoms with E-state index in [2.05, 4.69) is 42.5 Å². The average Bonchev–Trinajstić information content (AvgIpc) is 3.67. The quantitative estimate of drug-likeness (QED) is 0.0947. The summed E-state index contributed by atoms with van der Waals surface area (Å²) in [6.07, 6.45) is -8.54. The zero-order valence-corrected chi connectivity index (χ0v) is 30.4. The molecule has 1 aliphatic heterocycles. The SMILES string of the molecule is CCCc1ccc2[cH-]c(-c3ccccc3)cc2c1-c1cc(C(F)(F)F)cc(C(F)(F)F)c1.[Cl][Zr+2][Cl].[c-]1cccc2c1[Si]c1ccccc1-2. The minimum atomic E-state index is -4.89. The van der Waals surface area contributed by atoms with Gasteiger partial charge >= 0.3 is 50.2 Å². The van der Waals surface area contributed by atoms with E-state index in [-0.39, 0.29) is 11.6 Å². The van der Waals surface area contributed by atoms with Crippen molar-refractivity contribution < 1.29 is 47.2 Å². The molecule has 0 N–H and O–H groups in total. The van der Waals surface area contributed by atoms with Gasteiger partial charge in [0.2, 0.25) is 0 Å². The van der Waals surface area contributed by atoms with Gasteiger partial charge in [-0.25, -0.2) is 0 Å². The summed E-state index contributed by atoms with van der Waals surface area (Å²) in [5, 5.41) is 4.23. The Morgan fingerprint density at radius 2 is 1.35 bits per heavy atom. The number of hydrogen-bond acceptors (Lipinski definition) is 0. The van der Waals surface area contributed by atoms with E-state index in [4.69, 9.17) is 17.0 Å². The maximum atomic E-state index is 13.5. The molecule has 10 heteroatoms. The van der Waals surface area contributed by atoms with Gasteiger partial charge in [-0.1, -0.05) is 95.9 Å². The van der Waals surface area contributed by atoms with Gasteiger partial charge in [0.05, 0.1) is 20.6 Å². The van der Waals surface area contributed by atoms with E-state index in [0.29, 0.717) is 23.8 Å². The molecule has 0 fully saturated rings. The molecule has 6 aromatic rings. The number of aryl methyl sites for hydroxylation is 1. The normalized spacial score (nSPS) is 11.9. The van der Waals surface area contributed by atoms with E-state index in [1.807, 2.05) is 61.5 Å². The molecule has 0 spiro atoms. The summed E-state index contributed by atoms with van der Waals surface area (Å²) in [7, 11) is 10.7. The number of hydrogen-bond donors (Lipinski definition) is 0. The van der Waals surface area contributed by atoms with Crippen molar-refractivity contribution in [1.82, 2.24) is 0 Å². The smallest absolute Gasteiger partial charge is 0.0920 e. The second-order valence-electron chi connectivity index (χ2n) is 11.0. The largest absolute Gasteiger partial charge is 0.184 e. The fourth-order valence-corrected chi connectivity index (χ4v) is 7.08. The zero-order valence-electron chi connectivity index (χ0n) is 25.4. The van der Waals surface area contributed by atoms with Crippen LogP contribution in [-0.4, -0.2) is 9.52 Å². The van der Waals surface area contributed by atoms with Gasteiger partial charge in [0.1, 0.15) is 0 Å². The van der Waals surface area contributed by atoms with Gasteiger partial charge in [-0.05, 0) is 35.7 Å². The first-order valence-electron chi connectivity index (χ1n) is 14.9. The first kappa shape index (κ1) is 36.3. The molecule has 1 aliphatic rings. The van der Waals surface area contributed by atoms with Crippen molar-refractivity contribution in [3.8, 4) is 33.4 Å². The van der Waals surface area contributed by atoms with Gasteiger partial charge in [-0.15, -0.1) is 40.1 Å². The van der Waals surface area contributed by atoms with Crippen molar-refractivity contribution in [2.45, 2.75) is 32.1 Å². The van der Waals surface area contributed by atoms with Crippen LogP contribution in [0, 0.1) is 6.07 Å². The van der Waals surface area contributed by atoms with Crippen molar-refractivity contribution in [1.29, 1.82) is 0 Å². The molecule has 7 rings (SSSR count). The molecule has 0 amide bonds. The van der Waals surface area contributed by atoms with Crippen molar-refractivity contribution in [2.75, 3.05) is 0 Å². The molecular weight excluding hydrogens is 761 g/mol. The first-order valence-corrected chi connectivity index (χ1v) is 22.2. The van der Waals surface area contributed by atoms with Crippen LogP contribution in [0.1, 0.15) is 30.0 Å². The molecule has 0 nitrogen and oxygen atoms in total. The average molecular weight is 787 g/mol. The topological polar surface area (TPSA) is 0 Å². The van der Waals surface area contributed by atoms with E-state index in [1.165, 1.54) is 21.5 Å². The van der Waals surface area contributed by atoms with E-state index in [1.54, 1.807) is 6.07 Å². The van der Waals surface area contributed by atoms with Crippen molar-refractivity contribution in [2.24, 2.45) is 0 Å². The molecule has 242 valence electrons. The van der Waals surface area contributed by atoms with E-state index in [9.17, 15) is 26.3 Å². The Morgan fingerprint density at radius 1 is 0.729 bits per heavy atom. The molecular formula is C38H26Cl2F6SiZr. The maximum absolute atomic E-state index is 13.5. The first-order chi connectivity index (χ1) is 22.9. The van der Waals surface area contributed by atoms with Crippen LogP contribution in [0.15, 0.2) is 115 Å². The van der Waals surface area contributed by atoms with Crippen LogP contribution in [0.3, 0.4) is 0 Å². The van der Waals surface area contributed by atoms with Crippen LogP contribution < -0.4 is 10.4 Å². The molecule has 0 bridgehead atoms. The number of benzene rings is 5. The predicted octanol–water partition coefficient (Wildman–Crippen LogP) is 11.4. The Hall–Kier alpha value is -3.03. The van der Waals surface area contributed by atoms with Crippen LogP contribution in [0.5, 0.6) is 0 Å². The third kappa shape index (κ3) is 8.39. The van der Waals surface area contributed by atoms with Crippen molar-refractivity contribution in [3.05, 3.63) is 138 Å². The standard InChI is InChI=1S/C26H19F6.C12H7Si.2ClH.Zr/c1-2-6-17-9-10-18-11-19(16-7-4-3-5-8-16)14-23(18)24(17)20-12-21(25(27,28)29)15-22(13-20)26(30,31)32;1-3-7-11-9(5-1)10-6-2-4-8-12(10)13-11;;;/h3-5,7-15H,2,6H2,1H3;1-7H;2*1H;/q2*-1;;;+4/p-2. The Morgan fingerprint density at radius 3 is 2.00 bits per heavy atom. The third-order valence-electron chi connectivity index (χ3n) is 7.81. The second kappa shape index (κ2) is 15.7. The second-order valence-corrected chi connectivity index (χ2v) is 16.0. The minimum Gasteiger partial charge on any atom is -0.184 e. The Bertz CT molecular complexity index is 1930. The van der Waals surface area contributed by atoms with Gasteiger partial charge < -0.3 is 0 Å². The zero-order chi connectivity index (χ0) is 34.5. The molecule has 0 aliphatic carbocycles. The van der Waals surface area contributed by atoms with Crippen LogP contribution >= 0.6 is 17.0 Å². The summed E-state index contributed by atoms with van der Waals surface area (Å²) in [6.45, 7) is 1.92. The molecule has 6 aromatic carbocycles. The van der Waals surface area contributed by atoms with Gasteiger partial charge in [-0.3, -0.25) is 0 Å². The monoisotopic (exact) mass is 784 g/mol. The van der Waals surface area contributed by atoms with Gasteiger partial charge in [0, 0.05) is 0 Å². The Balaban J connectivity index is 0.000000231. The summed E-state index contributed by atoms with van der Waals surface area (Å²) in [6, 6.07) is 36.8. The van der Waals surface area contributed by atoms with Crippen LogP contribution in [0.2, 0.25) is 0 Å². The Labute approximate surface area is 296 Å². The minimum absolute atomic E-state index is 0.0774. The number of alkyl halides is 6. The molecule has 48 heavy (non-hydrogen) atoms. The van der Waals surface area contributed by atoms with Crippen LogP contribution in [-0.2, 0) is 39.6 Å². The van der Waals surface area contributed by atoms with E-state index in [0.717, 1.165) is 43.7 Å². The molecule has 0 saturated carbocycles. The Kier molecular flexibility index (Phi) is 11.8. The van der Waals surface area contributed by atoms with Gasteiger partial charge in [0.25, 0.3) is 0 Å². The summed E-state index contributed by atoms with van der Waals surface area (Å²) in [5.74, 6) is 0. The number of rotatable bonds is 4. The maximum Gasteiger partial charge on any atom is 0.0920 e. The van der Waals surface area contributed by atoms with Gasteiger partial charge in [-0.2, -0.15) is 55.8 Å². The summed E-state index contributed by atoms with van der Waals surface area (Å²) in [4.78, 5) is 0. The molecule has 0 aromatic heterocycles. The molecule has 0 saturated heterocycles. The molecule has 0 atom stereocenters. The van der Waals surface area contributed by atoms with Crippen molar-refractivity contribution in [3.63, 3.8) is 0 Å². The fraction of sp³-hybridized carbons (Fsp3) is 0.132. The molecule has 0 unspecified atom stereocenters. The van der Waals surface area contributed by atoms with E-state index >= 15 is 0 Å². The molecule has 2 radical (unpaired) electrons. The fourth-order valence-electron chi connectivity index (χ4n) is 5.77. The van der Waals surface area contributed by atoms with Crippen molar-refractivity contribution >= 4 is 47.7 Å². The number of halogens is 8. The van der Waals surface area contributed by atoms with Crippen LogP contribution in [0.4, 0.5) is 26.3 Å². The van der Waals surface area contributed by atoms with E-state index < -0.39 is 44.3 Å². The van der Waals surface area contributed by atoms with Crippen LogP contribution in [0.25, 0.3) is 44.2 Å².